The molecule has 5 heterocycles. The van der Waals surface area contributed by atoms with Crippen LogP contribution in [0, 0.1) is 0 Å². The van der Waals surface area contributed by atoms with E-state index in [2.05, 4.69) is 36.8 Å². The number of aromatic nitrogens is 6. The Balaban J connectivity index is 1.50. The Labute approximate surface area is 144 Å². The first kappa shape index (κ1) is 14.4. The summed E-state index contributed by atoms with van der Waals surface area (Å²) in [5.74, 6) is 0.899. The molecule has 0 amide bonds. The van der Waals surface area contributed by atoms with Crippen LogP contribution in [-0.4, -0.2) is 35.5 Å². The molecule has 0 saturated heterocycles. The second kappa shape index (κ2) is 5.86. The monoisotopic (exact) mass is 333 g/mol. The van der Waals surface area contributed by atoms with Crippen molar-refractivity contribution in [2.45, 2.75) is 26.1 Å². The highest BCUT2D eigenvalue weighted by Crippen LogP contribution is 2.21. The van der Waals surface area contributed by atoms with Crippen molar-refractivity contribution >= 4 is 5.52 Å². The summed E-state index contributed by atoms with van der Waals surface area (Å²) in [6, 6.07) is 8.25. The molecule has 0 saturated carbocycles. The number of rotatable bonds is 3. The molecule has 0 bridgehead atoms. The van der Waals surface area contributed by atoms with Crippen LogP contribution in [0.1, 0.15) is 17.7 Å². The summed E-state index contributed by atoms with van der Waals surface area (Å²) in [4.78, 5) is 4.55. The topological polar surface area (TPSA) is 65.0 Å². The molecule has 126 valence electrons. The van der Waals surface area contributed by atoms with Gasteiger partial charge in [-0.2, -0.15) is 10.2 Å². The molecule has 0 atom stereocenters. The quantitative estimate of drug-likeness (QED) is 0.622. The highest BCUT2D eigenvalue weighted by molar-refractivity contribution is 5.55. The third kappa shape index (κ3) is 2.53. The van der Waals surface area contributed by atoms with Crippen LogP contribution < -0.4 is 5.32 Å². The van der Waals surface area contributed by atoms with E-state index in [0.717, 1.165) is 49.6 Å². The normalized spacial score (nSPS) is 14.6. The third-order valence-electron chi connectivity index (χ3n) is 4.68. The average molecular weight is 333 g/mol. The van der Waals surface area contributed by atoms with Crippen LogP contribution in [0.25, 0.3) is 17.0 Å². The van der Waals surface area contributed by atoms with Gasteiger partial charge in [0.2, 0.25) is 0 Å². The number of imidazole rings is 1. The first-order valence-corrected chi connectivity index (χ1v) is 8.59. The van der Waals surface area contributed by atoms with Crippen molar-refractivity contribution in [1.82, 2.24) is 34.3 Å². The molecule has 1 aliphatic rings. The lowest BCUT2D eigenvalue weighted by atomic mass is 10.2. The van der Waals surface area contributed by atoms with Gasteiger partial charge in [0, 0.05) is 37.2 Å². The summed E-state index contributed by atoms with van der Waals surface area (Å²) >= 11 is 0. The Kier molecular flexibility index (Phi) is 3.38. The van der Waals surface area contributed by atoms with Crippen molar-refractivity contribution in [2.75, 3.05) is 6.54 Å². The van der Waals surface area contributed by atoms with Crippen LogP contribution in [-0.2, 0) is 19.6 Å². The highest BCUT2D eigenvalue weighted by atomic mass is 15.3. The zero-order valence-electron chi connectivity index (χ0n) is 13.8. The molecule has 0 aromatic carbocycles. The molecule has 5 rings (SSSR count). The summed E-state index contributed by atoms with van der Waals surface area (Å²) in [6.07, 6.45) is 8.83. The van der Waals surface area contributed by atoms with E-state index < -0.39 is 0 Å². The smallest absolute Gasteiger partial charge is 0.160 e. The van der Waals surface area contributed by atoms with Gasteiger partial charge in [0.05, 0.1) is 24.0 Å². The summed E-state index contributed by atoms with van der Waals surface area (Å²) in [6.45, 7) is 3.59. The fourth-order valence-electron chi connectivity index (χ4n) is 3.43. The molecule has 1 aliphatic heterocycles. The van der Waals surface area contributed by atoms with Crippen molar-refractivity contribution < 1.29 is 0 Å². The van der Waals surface area contributed by atoms with E-state index in [4.69, 9.17) is 5.10 Å². The van der Waals surface area contributed by atoms with Crippen molar-refractivity contribution in [3.05, 3.63) is 60.3 Å². The largest absolute Gasteiger partial charge is 0.325 e. The number of aryl methyl sites for hydroxylation is 1. The van der Waals surface area contributed by atoms with Gasteiger partial charge in [0.15, 0.2) is 5.82 Å². The van der Waals surface area contributed by atoms with Crippen LogP contribution in [0.4, 0.5) is 0 Å². The summed E-state index contributed by atoms with van der Waals surface area (Å²) in [5.41, 5.74) is 4.44. The standard InChI is InChI=1S/C18H19N7/c1-2-7-25-17(4-1)14(11-21-25)13-23-9-6-20-18(23)16-10-15-12-19-5-3-8-24(15)22-16/h1-2,4,6-7,9-11,19H,3,5,8,12-13H2. The minimum Gasteiger partial charge on any atom is -0.325 e. The Morgan fingerprint density at radius 3 is 3.20 bits per heavy atom. The fourth-order valence-corrected chi connectivity index (χ4v) is 3.43. The Morgan fingerprint density at radius 1 is 1.20 bits per heavy atom. The number of hydrogen-bond acceptors (Lipinski definition) is 4. The lowest BCUT2D eigenvalue weighted by Gasteiger charge is -2.05. The number of pyridine rings is 1. The first-order valence-electron chi connectivity index (χ1n) is 8.59. The lowest BCUT2D eigenvalue weighted by Crippen LogP contribution is -2.11. The van der Waals surface area contributed by atoms with Gasteiger partial charge in [-0.25, -0.2) is 9.50 Å². The molecule has 4 aromatic heterocycles. The van der Waals surface area contributed by atoms with Gasteiger partial charge in [0.1, 0.15) is 5.69 Å². The predicted octanol–water partition coefficient (Wildman–Crippen LogP) is 1.94. The first-order chi connectivity index (χ1) is 12.4. The van der Waals surface area contributed by atoms with E-state index in [-0.39, 0.29) is 0 Å². The van der Waals surface area contributed by atoms with E-state index in [1.165, 1.54) is 11.3 Å². The maximum Gasteiger partial charge on any atom is 0.160 e. The molecule has 4 aromatic rings. The van der Waals surface area contributed by atoms with Crippen molar-refractivity contribution in [3.63, 3.8) is 0 Å². The number of nitrogens with zero attached hydrogens (tertiary/aromatic N) is 6. The number of fused-ring (bicyclic) bond motifs is 2. The molecule has 0 unspecified atom stereocenters. The average Bonchev–Trinajstić information content (AvgIpc) is 3.32. The fraction of sp³-hybridized carbons (Fsp3) is 0.278. The second-order valence-corrected chi connectivity index (χ2v) is 6.35. The Morgan fingerprint density at radius 2 is 2.20 bits per heavy atom. The zero-order valence-corrected chi connectivity index (χ0v) is 13.8. The van der Waals surface area contributed by atoms with Gasteiger partial charge >= 0.3 is 0 Å². The summed E-state index contributed by atoms with van der Waals surface area (Å²) in [7, 11) is 0. The molecule has 0 aliphatic carbocycles. The lowest BCUT2D eigenvalue weighted by molar-refractivity contribution is 0.588. The predicted molar refractivity (Wildman–Crippen MR) is 94.1 cm³/mol. The molecule has 7 heteroatoms. The van der Waals surface area contributed by atoms with Gasteiger partial charge < -0.3 is 9.88 Å². The third-order valence-corrected chi connectivity index (χ3v) is 4.68. The maximum atomic E-state index is 4.78. The number of nitrogens with one attached hydrogen (secondary N) is 1. The molecular weight excluding hydrogens is 314 g/mol. The van der Waals surface area contributed by atoms with Crippen LogP contribution >= 0.6 is 0 Å². The zero-order chi connectivity index (χ0) is 16.6. The van der Waals surface area contributed by atoms with E-state index in [0.29, 0.717) is 0 Å². The van der Waals surface area contributed by atoms with Gasteiger partial charge in [0.25, 0.3) is 0 Å². The van der Waals surface area contributed by atoms with Crippen molar-refractivity contribution in [2.24, 2.45) is 0 Å². The molecule has 0 spiro atoms. The molecule has 1 N–H and O–H groups in total. The minimum absolute atomic E-state index is 0.725. The SMILES string of the molecule is c1ccn2ncc(Cn3ccnc3-c3cc4n(n3)CCCNC4)c2c1. The summed E-state index contributed by atoms with van der Waals surface area (Å²) < 4.78 is 6.14. The Bertz CT molecular complexity index is 1000. The minimum atomic E-state index is 0.725. The molecule has 7 nitrogen and oxygen atoms in total. The molecule has 0 radical (unpaired) electrons. The second-order valence-electron chi connectivity index (χ2n) is 6.35. The van der Waals surface area contributed by atoms with Gasteiger partial charge in [-0.3, -0.25) is 4.68 Å². The van der Waals surface area contributed by atoms with E-state index in [9.17, 15) is 0 Å². The van der Waals surface area contributed by atoms with Crippen LogP contribution in [0.2, 0.25) is 0 Å². The molecule has 25 heavy (non-hydrogen) atoms. The highest BCUT2D eigenvalue weighted by Gasteiger charge is 2.16. The van der Waals surface area contributed by atoms with Crippen molar-refractivity contribution in [3.8, 4) is 11.5 Å². The van der Waals surface area contributed by atoms with Crippen LogP contribution in [0.3, 0.4) is 0 Å². The Hall–Kier alpha value is -2.93. The van der Waals surface area contributed by atoms with Crippen LogP contribution in [0.15, 0.2) is 49.1 Å². The van der Waals surface area contributed by atoms with E-state index >= 15 is 0 Å². The van der Waals surface area contributed by atoms with E-state index in [1.54, 1.807) is 0 Å². The molecule has 0 fully saturated rings. The van der Waals surface area contributed by atoms with E-state index in [1.807, 2.05) is 41.4 Å². The van der Waals surface area contributed by atoms with Crippen molar-refractivity contribution in [1.29, 1.82) is 0 Å². The van der Waals surface area contributed by atoms with Gasteiger partial charge in [-0.15, -0.1) is 0 Å². The maximum absolute atomic E-state index is 4.78. The van der Waals surface area contributed by atoms with Gasteiger partial charge in [-0.1, -0.05) is 6.07 Å². The number of hydrogen-bond donors (Lipinski definition) is 1. The molecular formula is C18H19N7. The summed E-state index contributed by atoms with van der Waals surface area (Å²) in [5, 5.41) is 12.6. The van der Waals surface area contributed by atoms with Crippen LogP contribution in [0.5, 0.6) is 0 Å². The van der Waals surface area contributed by atoms with Gasteiger partial charge in [-0.05, 0) is 31.2 Å².